The maximum atomic E-state index is 5.43. The van der Waals surface area contributed by atoms with Gasteiger partial charge < -0.3 is 5.73 Å². The van der Waals surface area contributed by atoms with E-state index in [4.69, 9.17) is 5.73 Å². The van der Waals surface area contributed by atoms with Crippen LogP contribution in [-0.4, -0.2) is 6.16 Å². The molecule has 0 aromatic heterocycles. The second-order valence-corrected chi connectivity index (χ2v) is 1.84. The summed E-state index contributed by atoms with van der Waals surface area (Å²) in [6, 6.07) is 0. The molecule has 7 heavy (non-hydrogen) atoms. The summed E-state index contributed by atoms with van der Waals surface area (Å²) in [6.07, 6.45) is 3.94. The zero-order valence-corrected chi connectivity index (χ0v) is 5.80. The van der Waals surface area contributed by atoms with Crippen LogP contribution in [0.4, 0.5) is 0 Å². The summed E-state index contributed by atoms with van der Waals surface area (Å²) in [5.41, 5.74) is 6.41. The molecule has 0 aliphatic carbocycles. The van der Waals surface area contributed by atoms with Gasteiger partial charge in [-0.1, -0.05) is 13.0 Å². The Hall–Kier alpha value is -0.0300. The third kappa shape index (κ3) is 3.81. The van der Waals surface area contributed by atoms with E-state index >= 15 is 0 Å². The van der Waals surface area contributed by atoms with Crippen LogP contribution in [0.5, 0.6) is 0 Å². The minimum Gasteiger partial charge on any atom is -0.402 e. The van der Waals surface area contributed by atoms with Gasteiger partial charge in [-0.05, 0) is 12.6 Å². The lowest BCUT2D eigenvalue weighted by atomic mass is 10.3. The van der Waals surface area contributed by atoms with Crippen LogP contribution >= 0.6 is 9.24 Å². The van der Waals surface area contributed by atoms with Gasteiger partial charge in [0.1, 0.15) is 0 Å². The molecule has 0 spiro atoms. The van der Waals surface area contributed by atoms with Gasteiger partial charge in [-0.25, -0.2) is 0 Å². The summed E-state index contributed by atoms with van der Waals surface area (Å²) in [5, 5.41) is 0. The van der Waals surface area contributed by atoms with Crippen molar-refractivity contribution in [3.8, 4) is 0 Å². The molecule has 0 bridgehead atoms. The normalized spacial score (nSPS) is 12.0. The van der Waals surface area contributed by atoms with E-state index in [1.54, 1.807) is 0 Å². The van der Waals surface area contributed by atoms with E-state index in [2.05, 4.69) is 9.24 Å². The Kier molecular flexibility index (Phi) is 4.12. The van der Waals surface area contributed by atoms with Crippen LogP contribution < -0.4 is 5.73 Å². The van der Waals surface area contributed by atoms with E-state index in [0.29, 0.717) is 0 Å². The maximum Gasteiger partial charge on any atom is 0.00405 e. The topological polar surface area (TPSA) is 26.0 Å². The molecule has 0 heterocycles. The van der Waals surface area contributed by atoms with Crippen LogP contribution in [0.15, 0.2) is 11.8 Å². The van der Waals surface area contributed by atoms with Crippen molar-refractivity contribution in [1.82, 2.24) is 0 Å². The molecule has 0 saturated carbocycles. The van der Waals surface area contributed by atoms with E-state index in [1.165, 1.54) is 0 Å². The SMILES string of the molecule is CC/C(N)=C/CP. The van der Waals surface area contributed by atoms with Crippen molar-refractivity contribution in [2.24, 2.45) is 5.73 Å². The second-order valence-electron chi connectivity index (χ2n) is 1.37. The number of nitrogens with two attached hydrogens (primary N) is 1. The van der Waals surface area contributed by atoms with Gasteiger partial charge in [-0.2, -0.15) is 0 Å². The van der Waals surface area contributed by atoms with Crippen molar-refractivity contribution in [2.45, 2.75) is 13.3 Å². The summed E-state index contributed by atoms with van der Waals surface area (Å²) in [6.45, 7) is 2.05. The zero-order valence-electron chi connectivity index (χ0n) is 4.65. The Balaban J connectivity index is 3.29. The van der Waals surface area contributed by atoms with E-state index in [1.807, 2.05) is 13.0 Å². The molecule has 0 fully saturated rings. The lowest BCUT2D eigenvalue weighted by Crippen LogP contribution is -1.93. The van der Waals surface area contributed by atoms with Gasteiger partial charge in [-0.3, -0.25) is 0 Å². The average Bonchev–Trinajstić information content (AvgIpc) is 1.68. The lowest BCUT2D eigenvalue weighted by Gasteiger charge is -1.89. The molecule has 42 valence electrons. The first kappa shape index (κ1) is 6.97. The van der Waals surface area contributed by atoms with Crippen molar-refractivity contribution in [3.63, 3.8) is 0 Å². The quantitative estimate of drug-likeness (QED) is 0.539. The summed E-state index contributed by atoms with van der Waals surface area (Å²) >= 11 is 0. The minimum absolute atomic E-state index is 0.967. The van der Waals surface area contributed by atoms with Gasteiger partial charge in [0.05, 0.1) is 0 Å². The molecule has 0 aliphatic rings. The van der Waals surface area contributed by atoms with Gasteiger partial charge in [0, 0.05) is 5.70 Å². The number of allylic oxidation sites excluding steroid dienone is 2. The summed E-state index contributed by atoms with van der Waals surface area (Å²) in [5.74, 6) is 0. The molecule has 0 saturated heterocycles. The highest BCUT2D eigenvalue weighted by Crippen LogP contribution is 1.91. The largest absolute Gasteiger partial charge is 0.402 e. The van der Waals surface area contributed by atoms with Gasteiger partial charge in [0.15, 0.2) is 0 Å². The first-order chi connectivity index (χ1) is 3.31. The predicted octanol–water partition coefficient (Wildman–Crippen LogP) is 1.11. The smallest absolute Gasteiger partial charge is 0.00405 e. The Morgan fingerprint density at radius 3 is 2.57 bits per heavy atom. The summed E-state index contributed by atoms with van der Waals surface area (Å²) < 4.78 is 0. The molecule has 1 unspecified atom stereocenters. The minimum atomic E-state index is 0.967. The number of hydrogen-bond acceptors (Lipinski definition) is 1. The van der Waals surface area contributed by atoms with E-state index in [9.17, 15) is 0 Å². The Labute approximate surface area is 47.2 Å². The summed E-state index contributed by atoms with van der Waals surface area (Å²) in [4.78, 5) is 0. The molecular formula is C5H12NP. The molecule has 0 aromatic carbocycles. The van der Waals surface area contributed by atoms with E-state index < -0.39 is 0 Å². The maximum absolute atomic E-state index is 5.43. The molecule has 0 aromatic rings. The monoisotopic (exact) mass is 117 g/mol. The van der Waals surface area contributed by atoms with Crippen molar-refractivity contribution < 1.29 is 0 Å². The van der Waals surface area contributed by atoms with Gasteiger partial charge >= 0.3 is 0 Å². The lowest BCUT2D eigenvalue weighted by molar-refractivity contribution is 1.06. The standard InChI is InChI=1S/C5H12NP/c1-2-5(6)3-4-7/h3H,2,4,6-7H2,1H3/b5-3-. The van der Waals surface area contributed by atoms with Crippen LogP contribution in [0.2, 0.25) is 0 Å². The molecule has 2 heteroatoms. The van der Waals surface area contributed by atoms with Crippen LogP contribution in [-0.2, 0) is 0 Å². The fourth-order valence-electron chi connectivity index (χ4n) is 0.296. The number of rotatable bonds is 2. The molecule has 0 radical (unpaired) electrons. The fourth-order valence-corrected chi connectivity index (χ4v) is 0.598. The fraction of sp³-hybridized carbons (Fsp3) is 0.600. The van der Waals surface area contributed by atoms with Gasteiger partial charge in [-0.15, -0.1) is 9.24 Å². The highest BCUT2D eigenvalue weighted by atomic mass is 31.0. The van der Waals surface area contributed by atoms with Gasteiger partial charge in [0.2, 0.25) is 0 Å². The van der Waals surface area contributed by atoms with Crippen molar-refractivity contribution >= 4 is 9.24 Å². The van der Waals surface area contributed by atoms with Gasteiger partial charge in [0.25, 0.3) is 0 Å². The first-order valence-corrected chi connectivity index (χ1v) is 3.27. The Morgan fingerprint density at radius 1 is 1.86 bits per heavy atom. The molecule has 0 aliphatic heterocycles. The average molecular weight is 117 g/mol. The third-order valence-electron chi connectivity index (χ3n) is 0.788. The second kappa shape index (κ2) is 4.14. The van der Waals surface area contributed by atoms with Crippen molar-refractivity contribution in [2.75, 3.05) is 6.16 Å². The van der Waals surface area contributed by atoms with Crippen LogP contribution in [0.3, 0.4) is 0 Å². The third-order valence-corrected chi connectivity index (χ3v) is 1.02. The molecule has 0 rings (SSSR count). The van der Waals surface area contributed by atoms with E-state index in [0.717, 1.165) is 18.3 Å². The Morgan fingerprint density at radius 2 is 2.43 bits per heavy atom. The van der Waals surface area contributed by atoms with Crippen LogP contribution in [0.1, 0.15) is 13.3 Å². The molecule has 0 amide bonds. The zero-order chi connectivity index (χ0) is 5.70. The predicted molar refractivity (Wildman–Crippen MR) is 37.1 cm³/mol. The first-order valence-electron chi connectivity index (χ1n) is 2.45. The van der Waals surface area contributed by atoms with E-state index in [-0.39, 0.29) is 0 Å². The van der Waals surface area contributed by atoms with Crippen LogP contribution in [0, 0.1) is 0 Å². The molecular weight excluding hydrogens is 105 g/mol. The highest BCUT2D eigenvalue weighted by Gasteiger charge is 1.77. The number of hydrogen-bond donors (Lipinski definition) is 1. The molecule has 1 nitrogen and oxygen atoms in total. The van der Waals surface area contributed by atoms with Crippen LogP contribution in [0.25, 0.3) is 0 Å². The molecule has 2 N–H and O–H groups in total. The van der Waals surface area contributed by atoms with Crippen molar-refractivity contribution in [3.05, 3.63) is 11.8 Å². The highest BCUT2D eigenvalue weighted by molar-refractivity contribution is 7.16. The Bertz CT molecular complexity index is 68.5. The molecule has 1 atom stereocenters. The summed E-state index contributed by atoms with van der Waals surface area (Å²) in [7, 11) is 2.60. The van der Waals surface area contributed by atoms with Crippen molar-refractivity contribution in [1.29, 1.82) is 0 Å².